The molecule has 0 heterocycles. The predicted octanol–water partition coefficient (Wildman–Crippen LogP) is -0.713. The Morgan fingerprint density at radius 3 is 2.69 bits per heavy atom. The van der Waals surface area contributed by atoms with Crippen LogP contribution in [0.4, 0.5) is 0 Å². The van der Waals surface area contributed by atoms with Crippen molar-refractivity contribution in [2.24, 2.45) is 0 Å². The third-order valence-corrected chi connectivity index (χ3v) is 1.59. The number of hydrogen-bond acceptors (Lipinski definition) is 1. The van der Waals surface area contributed by atoms with E-state index in [1.165, 1.54) is 0 Å². The van der Waals surface area contributed by atoms with Crippen LogP contribution in [0.3, 0.4) is 0 Å². The summed E-state index contributed by atoms with van der Waals surface area (Å²) in [5, 5.41) is 0. The van der Waals surface area contributed by atoms with E-state index in [0.29, 0.717) is 6.10 Å². The number of rotatable bonds is 3. The van der Waals surface area contributed by atoms with E-state index >= 15 is 0 Å². The van der Waals surface area contributed by atoms with Gasteiger partial charge < -0.3 is 17.1 Å². The molecule has 0 aliphatic rings. The Kier molecular flexibility index (Phi) is 10.4. The number of hydrogen-bond donors (Lipinski definition) is 0. The molecule has 1 aromatic carbocycles. The summed E-state index contributed by atoms with van der Waals surface area (Å²) in [7, 11) is 0. The summed E-state index contributed by atoms with van der Waals surface area (Å²) in [6, 6.07) is 10.6. The van der Waals surface area contributed by atoms with Gasteiger partial charge in [0.05, 0.1) is 6.10 Å². The molecule has 0 saturated heterocycles. The predicted molar refractivity (Wildman–Crippen MR) is 51.4 cm³/mol. The molecule has 0 N–H and O–H groups in total. The van der Waals surface area contributed by atoms with E-state index < -0.39 is 0 Å². The molecule has 0 aromatic heterocycles. The Morgan fingerprint density at radius 2 is 2.23 bits per heavy atom. The fraction of sp³-hybridized carbons (Fsp3) is 0.400. The van der Waals surface area contributed by atoms with Gasteiger partial charge in [0.15, 0.2) is 0 Å². The molecular formula is C10H13ClMgO. The summed E-state index contributed by atoms with van der Waals surface area (Å²) in [6.45, 7) is 4.17. The smallest absolute Gasteiger partial charge is 1.00 e. The van der Waals surface area contributed by atoms with Gasteiger partial charge in [-0.15, -0.1) is 12.1 Å². The van der Waals surface area contributed by atoms with Crippen LogP contribution in [0.15, 0.2) is 24.3 Å². The number of ether oxygens (including phenoxy) is 1. The topological polar surface area (TPSA) is 9.23 Å². The van der Waals surface area contributed by atoms with Gasteiger partial charge in [-0.05, 0) is 13.3 Å². The SMILES string of the molecule is CCC(C)Oc1c[c-]ccc1.[Cl-].[Mg+2]. The third kappa shape index (κ3) is 6.19. The largest absolute Gasteiger partial charge is 2.00 e. The standard InChI is InChI=1S/C10H13O.ClH.Mg/c1-3-9(2)11-10-7-5-4-6-8-10;;/h4-5,7-9H,3H2,1-2H3;1H;/q-1;;+2/p-1. The maximum atomic E-state index is 5.53. The Labute approximate surface area is 102 Å². The van der Waals surface area contributed by atoms with Crippen molar-refractivity contribution in [2.75, 3.05) is 0 Å². The zero-order chi connectivity index (χ0) is 8.10. The molecule has 1 rings (SSSR count). The van der Waals surface area contributed by atoms with Crippen LogP contribution in [-0.2, 0) is 0 Å². The van der Waals surface area contributed by atoms with Crippen molar-refractivity contribution >= 4 is 23.1 Å². The Bertz CT molecular complexity index is 203. The summed E-state index contributed by atoms with van der Waals surface area (Å²) < 4.78 is 5.53. The van der Waals surface area contributed by atoms with E-state index in [1.54, 1.807) is 0 Å². The summed E-state index contributed by atoms with van der Waals surface area (Å²) in [5.74, 6) is 0.904. The number of halogens is 1. The maximum Gasteiger partial charge on any atom is 2.00 e. The first kappa shape index (κ1) is 15.5. The molecule has 1 atom stereocenters. The molecule has 0 amide bonds. The first-order chi connectivity index (χ1) is 5.33. The van der Waals surface area contributed by atoms with Crippen LogP contribution < -0.4 is 17.1 Å². The summed E-state index contributed by atoms with van der Waals surface area (Å²) in [4.78, 5) is 0. The second kappa shape index (κ2) is 8.66. The summed E-state index contributed by atoms with van der Waals surface area (Å²) in [6.07, 6.45) is 1.33. The molecule has 0 bridgehead atoms. The van der Waals surface area contributed by atoms with Gasteiger partial charge in [-0.2, -0.15) is 18.2 Å². The molecular weight excluding hydrogens is 196 g/mol. The minimum absolute atomic E-state index is 0. The van der Waals surface area contributed by atoms with Gasteiger partial charge in [0.2, 0.25) is 0 Å². The first-order valence-electron chi connectivity index (χ1n) is 3.95. The van der Waals surface area contributed by atoms with Gasteiger partial charge in [0.25, 0.3) is 0 Å². The monoisotopic (exact) mass is 208 g/mol. The fourth-order valence-electron chi connectivity index (χ4n) is 0.766. The maximum absolute atomic E-state index is 5.53. The third-order valence-electron chi connectivity index (χ3n) is 1.59. The average Bonchev–Trinajstić information content (AvgIpc) is 2.06. The molecule has 13 heavy (non-hydrogen) atoms. The second-order valence-electron chi connectivity index (χ2n) is 2.58. The van der Waals surface area contributed by atoms with Gasteiger partial charge in [-0.3, -0.25) is 0 Å². The van der Waals surface area contributed by atoms with E-state index in [1.807, 2.05) is 24.3 Å². The van der Waals surface area contributed by atoms with Gasteiger partial charge in [-0.1, -0.05) is 6.92 Å². The molecule has 1 nitrogen and oxygen atoms in total. The Balaban J connectivity index is 0. The molecule has 0 fully saturated rings. The molecule has 68 valence electrons. The van der Waals surface area contributed by atoms with Crippen molar-refractivity contribution in [1.82, 2.24) is 0 Å². The van der Waals surface area contributed by atoms with Gasteiger partial charge >= 0.3 is 23.1 Å². The van der Waals surface area contributed by atoms with E-state index in [4.69, 9.17) is 4.74 Å². The zero-order valence-corrected chi connectivity index (χ0v) is 10.3. The van der Waals surface area contributed by atoms with Crippen molar-refractivity contribution in [3.05, 3.63) is 30.3 Å². The minimum Gasteiger partial charge on any atom is -1.00 e. The average molecular weight is 209 g/mol. The molecule has 0 aliphatic carbocycles. The van der Waals surface area contributed by atoms with Crippen LogP contribution >= 0.6 is 0 Å². The molecule has 1 unspecified atom stereocenters. The molecule has 0 aliphatic heterocycles. The van der Waals surface area contributed by atoms with E-state index in [-0.39, 0.29) is 35.5 Å². The zero-order valence-electron chi connectivity index (χ0n) is 8.09. The number of benzene rings is 1. The van der Waals surface area contributed by atoms with Crippen LogP contribution in [0.5, 0.6) is 5.75 Å². The summed E-state index contributed by atoms with van der Waals surface area (Å²) >= 11 is 0. The quantitative estimate of drug-likeness (QED) is 0.471. The van der Waals surface area contributed by atoms with Crippen LogP contribution in [-0.4, -0.2) is 29.2 Å². The fourth-order valence-corrected chi connectivity index (χ4v) is 0.766. The van der Waals surface area contributed by atoms with Gasteiger partial charge in [0, 0.05) is 5.75 Å². The minimum atomic E-state index is 0. The Morgan fingerprint density at radius 1 is 1.54 bits per heavy atom. The molecule has 0 radical (unpaired) electrons. The van der Waals surface area contributed by atoms with Crippen LogP contribution in [0.2, 0.25) is 0 Å². The Hall–Kier alpha value is 0.0762. The van der Waals surface area contributed by atoms with Gasteiger partial charge in [-0.25, -0.2) is 0 Å². The van der Waals surface area contributed by atoms with E-state index in [0.717, 1.165) is 12.2 Å². The first-order valence-corrected chi connectivity index (χ1v) is 3.95. The molecule has 1 aromatic rings. The summed E-state index contributed by atoms with van der Waals surface area (Å²) in [5.41, 5.74) is 0. The van der Waals surface area contributed by atoms with Gasteiger partial charge in [0.1, 0.15) is 0 Å². The van der Waals surface area contributed by atoms with E-state index in [9.17, 15) is 0 Å². The second-order valence-corrected chi connectivity index (χ2v) is 2.58. The van der Waals surface area contributed by atoms with Crippen molar-refractivity contribution in [1.29, 1.82) is 0 Å². The normalized spacial score (nSPS) is 10.6. The van der Waals surface area contributed by atoms with Crippen molar-refractivity contribution < 1.29 is 17.1 Å². The van der Waals surface area contributed by atoms with Crippen molar-refractivity contribution in [2.45, 2.75) is 26.4 Å². The van der Waals surface area contributed by atoms with Crippen LogP contribution in [0.1, 0.15) is 20.3 Å². The van der Waals surface area contributed by atoms with Crippen molar-refractivity contribution in [3.8, 4) is 5.75 Å². The van der Waals surface area contributed by atoms with Crippen molar-refractivity contribution in [3.63, 3.8) is 0 Å². The van der Waals surface area contributed by atoms with Crippen LogP contribution in [0, 0.1) is 6.07 Å². The molecule has 0 saturated carbocycles. The van der Waals surface area contributed by atoms with Crippen LogP contribution in [0.25, 0.3) is 0 Å². The van der Waals surface area contributed by atoms with E-state index in [2.05, 4.69) is 19.9 Å². The molecule has 3 heteroatoms. The molecule has 0 spiro atoms.